The van der Waals surface area contributed by atoms with Crippen LogP contribution in [0, 0.1) is 0 Å². The van der Waals surface area contributed by atoms with Crippen LogP contribution in [-0.2, 0) is 19.0 Å². The summed E-state index contributed by atoms with van der Waals surface area (Å²) in [6.07, 6.45) is 1.68. The van der Waals surface area contributed by atoms with Gasteiger partial charge < -0.3 is 19.5 Å². The predicted octanol–water partition coefficient (Wildman–Crippen LogP) is -0.0236. The van der Waals surface area contributed by atoms with E-state index in [-0.39, 0.29) is 17.7 Å². The number of amides is 1. The van der Waals surface area contributed by atoms with E-state index in [0.29, 0.717) is 26.4 Å². The fourth-order valence-corrected chi connectivity index (χ4v) is 2.65. The van der Waals surface area contributed by atoms with Crippen LogP contribution in [0.25, 0.3) is 0 Å². The quantitative estimate of drug-likeness (QED) is 0.762. The van der Waals surface area contributed by atoms with Gasteiger partial charge >= 0.3 is 0 Å². The number of carbonyl (C=O) groups is 1. The molecule has 1 spiro atoms. The minimum absolute atomic E-state index is 0.0498. The number of methoxy groups -OCH3 is 1. The zero-order chi connectivity index (χ0) is 13.7. The summed E-state index contributed by atoms with van der Waals surface area (Å²) in [4.78, 5) is 14.0. The van der Waals surface area contributed by atoms with Gasteiger partial charge in [0.2, 0.25) is 5.91 Å². The molecule has 1 atom stereocenters. The molecular weight excluding hydrogens is 248 g/mol. The molecule has 0 aromatic carbocycles. The molecule has 6 nitrogen and oxygen atoms in total. The van der Waals surface area contributed by atoms with Crippen LogP contribution in [0.4, 0.5) is 0 Å². The van der Waals surface area contributed by atoms with Crippen molar-refractivity contribution in [1.82, 2.24) is 10.2 Å². The molecule has 0 aromatic heterocycles. The van der Waals surface area contributed by atoms with Gasteiger partial charge in [-0.05, 0) is 6.92 Å². The van der Waals surface area contributed by atoms with Gasteiger partial charge in [-0.25, -0.2) is 0 Å². The van der Waals surface area contributed by atoms with Crippen LogP contribution in [0.5, 0.6) is 0 Å². The van der Waals surface area contributed by atoms with Gasteiger partial charge in [0.15, 0.2) is 5.79 Å². The standard InChI is InChI=1S/C13H24N2O4/c1-11(10-17-2)14-12(16)9-15-5-3-13(4-6-15)18-7-8-19-13/h11H,3-10H2,1-2H3,(H,14,16)/t11-/m0/s1. The van der Waals surface area contributed by atoms with Gasteiger partial charge in [-0.3, -0.25) is 9.69 Å². The van der Waals surface area contributed by atoms with E-state index in [4.69, 9.17) is 14.2 Å². The van der Waals surface area contributed by atoms with Crippen LogP contribution in [0.15, 0.2) is 0 Å². The fourth-order valence-electron chi connectivity index (χ4n) is 2.65. The summed E-state index contributed by atoms with van der Waals surface area (Å²) in [5, 5.41) is 2.92. The molecule has 2 rings (SSSR count). The Balaban J connectivity index is 1.68. The number of hydrogen-bond acceptors (Lipinski definition) is 5. The molecule has 2 fully saturated rings. The van der Waals surface area contributed by atoms with E-state index >= 15 is 0 Å². The molecule has 6 heteroatoms. The Kier molecular flexibility index (Phi) is 5.15. The predicted molar refractivity (Wildman–Crippen MR) is 69.8 cm³/mol. The lowest BCUT2D eigenvalue weighted by Gasteiger charge is -2.37. The molecule has 19 heavy (non-hydrogen) atoms. The highest BCUT2D eigenvalue weighted by molar-refractivity contribution is 5.78. The Morgan fingerprint density at radius 1 is 1.37 bits per heavy atom. The van der Waals surface area contributed by atoms with E-state index in [9.17, 15) is 4.79 Å². The van der Waals surface area contributed by atoms with Crippen molar-refractivity contribution in [1.29, 1.82) is 0 Å². The number of hydrogen-bond donors (Lipinski definition) is 1. The number of ether oxygens (including phenoxy) is 3. The van der Waals surface area contributed by atoms with E-state index in [1.807, 2.05) is 6.92 Å². The number of nitrogens with one attached hydrogen (secondary N) is 1. The average molecular weight is 272 g/mol. The molecule has 1 N–H and O–H groups in total. The van der Waals surface area contributed by atoms with Crippen LogP contribution < -0.4 is 5.32 Å². The third kappa shape index (κ3) is 4.14. The van der Waals surface area contributed by atoms with Crippen molar-refractivity contribution in [2.24, 2.45) is 0 Å². The second-order valence-electron chi connectivity index (χ2n) is 5.31. The van der Waals surface area contributed by atoms with Crippen molar-refractivity contribution in [2.75, 3.05) is 46.6 Å². The van der Waals surface area contributed by atoms with E-state index < -0.39 is 0 Å². The van der Waals surface area contributed by atoms with Crippen molar-refractivity contribution in [2.45, 2.75) is 31.6 Å². The third-order valence-corrected chi connectivity index (χ3v) is 3.62. The minimum atomic E-state index is -0.365. The first kappa shape index (κ1) is 14.7. The maximum absolute atomic E-state index is 11.8. The molecule has 2 heterocycles. The topological polar surface area (TPSA) is 60.0 Å². The normalized spacial score (nSPS) is 24.5. The lowest BCUT2D eigenvalue weighted by atomic mass is 10.0. The van der Waals surface area contributed by atoms with E-state index in [1.165, 1.54) is 0 Å². The molecule has 2 saturated heterocycles. The molecule has 2 aliphatic rings. The maximum Gasteiger partial charge on any atom is 0.234 e. The van der Waals surface area contributed by atoms with Crippen LogP contribution >= 0.6 is 0 Å². The van der Waals surface area contributed by atoms with Gasteiger partial charge in [-0.1, -0.05) is 0 Å². The molecule has 0 aliphatic carbocycles. The summed E-state index contributed by atoms with van der Waals surface area (Å²) in [6.45, 7) is 5.97. The third-order valence-electron chi connectivity index (χ3n) is 3.62. The number of carbonyl (C=O) groups excluding carboxylic acids is 1. The van der Waals surface area contributed by atoms with Crippen LogP contribution in [0.2, 0.25) is 0 Å². The van der Waals surface area contributed by atoms with E-state index in [1.54, 1.807) is 7.11 Å². The monoisotopic (exact) mass is 272 g/mol. The van der Waals surface area contributed by atoms with Crippen molar-refractivity contribution in [3.8, 4) is 0 Å². The second-order valence-corrected chi connectivity index (χ2v) is 5.31. The van der Waals surface area contributed by atoms with E-state index in [2.05, 4.69) is 10.2 Å². The second kappa shape index (κ2) is 6.65. The zero-order valence-corrected chi connectivity index (χ0v) is 11.8. The molecule has 0 bridgehead atoms. The summed E-state index contributed by atoms with van der Waals surface area (Å²) < 4.78 is 16.3. The van der Waals surface area contributed by atoms with Gasteiger partial charge in [-0.15, -0.1) is 0 Å². The Morgan fingerprint density at radius 3 is 2.58 bits per heavy atom. The molecule has 0 saturated carbocycles. The van der Waals surface area contributed by atoms with Gasteiger partial charge in [-0.2, -0.15) is 0 Å². The molecule has 110 valence electrons. The summed E-state index contributed by atoms with van der Waals surface area (Å²) >= 11 is 0. The molecule has 0 aromatic rings. The van der Waals surface area contributed by atoms with Crippen LogP contribution in [-0.4, -0.2) is 69.2 Å². The number of piperidine rings is 1. The van der Waals surface area contributed by atoms with Crippen molar-refractivity contribution in [3.63, 3.8) is 0 Å². The molecule has 2 aliphatic heterocycles. The molecule has 0 unspecified atom stereocenters. The first-order chi connectivity index (χ1) is 9.13. The lowest BCUT2D eigenvalue weighted by molar-refractivity contribution is -0.185. The van der Waals surface area contributed by atoms with E-state index in [0.717, 1.165) is 25.9 Å². The molecule has 0 radical (unpaired) electrons. The van der Waals surface area contributed by atoms with Gasteiger partial charge in [0.1, 0.15) is 0 Å². The lowest BCUT2D eigenvalue weighted by Crippen LogP contribution is -2.49. The first-order valence-electron chi connectivity index (χ1n) is 6.92. The number of likely N-dealkylation sites (tertiary alicyclic amines) is 1. The van der Waals surface area contributed by atoms with Gasteiger partial charge in [0.05, 0.1) is 26.4 Å². The SMILES string of the molecule is COC[C@H](C)NC(=O)CN1CCC2(CC1)OCCO2. The maximum atomic E-state index is 11.8. The first-order valence-corrected chi connectivity index (χ1v) is 6.92. The van der Waals surface area contributed by atoms with Crippen LogP contribution in [0.3, 0.4) is 0 Å². The van der Waals surface area contributed by atoms with Crippen molar-refractivity contribution < 1.29 is 19.0 Å². The summed E-state index contributed by atoms with van der Waals surface area (Å²) in [5.74, 6) is -0.315. The average Bonchev–Trinajstić information content (AvgIpc) is 2.81. The fraction of sp³-hybridized carbons (Fsp3) is 0.923. The number of rotatable bonds is 5. The highest BCUT2D eigenvalue weighted by atomic mass is 16.7. The van der Waals surface area contributed by atoms with Crippen LogP contribution in [0.1, 0.15) is 19.8 Å². The van der Waals surface area contributed by atoms with Gasteiger partial charge in [0, 0.05) is 39.1 Å². The number of nitrogens with zero attached hydrogens (tertiary/aromatic N) is 1. The summed E-state index contributed by atoms with van der Waals surface area (Å²) in [7, 11) is 1.63. The highest BCUT2D eigenvalue weighted by Crippen LogP contribution is 2.30. The Morgan fingerprint density at radius 2 is 2.00 bits per heavy atom. The summed E-state index contributed by atoms with van der Waals surface area (Å²) in [5.41, 5.74) is 0. The minimum Gasteiger partial charge on any atom is -0.383 e. The summed E-state index contributed by atoms with van der Waals surface area (Å²) in [6, 6.07) is 0.0510. The Hall–Kier alpha value is -0.690. The van der Waals surface area contributed by atoms with Gasteiger partial charge in [0.25, 0.3) is 0 Å². The molecular formula is C13H24N2O4. The van der Waals surface area contributed by atoms with Crippen molar-refractivity contribution in [3.05, 3.63) is 0 Å². The highest BCUT2D eigenvalue weighted by Gasteiger charge is 2.39. The molecule has 1 amide bonds. The zero-order valence-electron chi connectivity index (χ0n) is 11.8. The smallest absolute Gasteiger partial charge is 0.234 e. The Labute approximate surface area is 114 Å². The Bertz CT molecular complexity index is 295. The van der Waals surface area contributed by atoms with Crippen molar-refractivity contribution >= 4 is 5.91 Å². The largest absolute Gasteiger partial charge is 0.383 e.